The lowest BCUT2D eigenvalue weighted by Crippen LogP contribution is -2.45. The average molecular weight is 531 g/mol. The van der Waals surface area contributed by atoms with Crippen LogP contribution in [0.15, 0.2) is 60.9 Å². The van der Waals surface area contributed by atoms with Crippen LogP contribution in [0, 0.1) is 0 Å². The maximum Gasteiger partial charge on any atom is 0.319 e. The molecule has 0 atom stereocenters. The molecule has 1 aliphatic heterocycles. The largest absolute Gasteiger partial charge is 0.370 e. The number of pyridine rings is 2. The number of benzene rings is 1. The summed E-state index contributed by atoms with van der Waals surface area (Å²) in [5, 5.41) is 11.9. The van der Waals surface area contributed by atoms with E-state index in [-0.39, 0.29) is 11.9 Å². The van der Waals surface area contributed by atoms with Crippen molar-refractivity contribution in [2.45, 2.75) is 19.9 Å². The molecule has 10 nitrogen and oxygen atoms in total. The molecule has 3 heterocycles. The third kappa shape index (κ3) is 8.49. The molecule has 0 unspecified atom stereocenters. The number of nitrogens with zero attached hydrogens (tertiary/aromatic N) is 4. The Bertz CT molecular complexity index is 1210. The molecule has 10 heteroatoms. The summed E-state index contributed by atoms with van der Waals surface area (Å²) in [5.41, 5.74) is 3.75. The van der Waals surface area contributed by atoms with Gasteiger partial charge in [0.15, 0.2) is 0 Å². The van der Waals surface area contributed by atoms with Gasteiger partial charge in [-0.05, 0) is 62.8 Å². The fourth-order valence-corrected chi connectivity index (χ4v) is 4.36. The van der Waals surface area contributed by atoms with Crippen LogP contribution in [-0.2, 0) is 6.54 Å². The minimum atomic E-state index is -0.293. The van der Waals surface area contributed by atoms with Crippen LogP contribution < -0.4 is 21.3 Å². The van der Waals surface area contributed by atoms with Gasteiger partial charge in [-0.1, -0.05) is 18.2 Å². The maximum absolute atomic E-state index is 12.9. The third-order valence-corrected chi connectivity index (χ3v) is 6.63. The van der Waals surface area contributed by atoms with Crippen LogP contribution in [0.25, 0.3) is 11.3 Å². The number of aromatic nitrogens is 2. The lowest BCUT2D eigenvalue weighted by atomic mass is 10.1. The van der Waals surface area contributed by atoms with Crippen molar-refractivity contribution in [1.29, 1.82) is 0 Å². The van der Waals surface area contributed by atoms with Crippen LogP contribution >= 0.6 is 0 Å². The smallest absolute Gasteiger partial charge is 0.319 e. The normalized spacial score (nSPS) is 14.0. The molecule has 2 aromatic heterocycles. The predicted molar refractivity (Wildman–Crippen MR) is 155 cm³/mol. The molecule has 0 bridgehead atoms. The van der Waals surface area contributed by atoms with Crippen LogP contribution in [0.4, 0.5) is 16.3 Å². The summed E-state index contributed by atoms with van der Waals surface area (Å²) in [6.45, 7) is 8.99. The number of nitrogens with one attached hydrogen (secondary N) is 4. The molecule has 1 fully saturated rings. The maximum atomic E-state index is 12.9. The zero-order valence-electron chi connectivity index (χ0n) is 22.7. The fourth-order valence-electron chi connectivity index (χ4n) is 4.36. The highest BCUT2D eigenvalue weighted by molar-refractivity contribution is 5.99. The first-order valence-electron chi connectivity index (χ1n) is 13.5. The molecular formula is C29H38N8O2. The molecule has 1 saturated heterocycles. The summed E-state index contributed by atoms with van der Waals surface area (Å²) < 4.78 is 0. The predicted octanol–water partition coefficient (Wildman–Crippen LogP) is 3.26. The molecule has 0 saturated carbocycles. The first kappa shape index (κ1) is 28.0. The summed E-state index contributed by atoms with van der Waals surface area (Å²) >= 11 is 0. The summed E-state index contributed by atoms with van der Waals surface area (Å²) in [4.78, 5) is 38.7. The van der Waals surface area contributed by atoms with Crippen molar-refractivity contribution in [2.24, 2.45) is 0 Å². The highest BCUT2D eigenvalue weighted by Gasteiger charge is 2.16. The highest BCUT2D eigenvalue weighted by atomic mass is 16.2. The Morgan fingerprint density at radius 3 is 2.49 bits per heavy atom. The Kier molecular flexibility index (Phi) is 10.2. The van der Waals surface area contributed by atoms with E-state index >= 15 is 0 Å². The Hall–Kier alpha value is -4.02. The van der Waals surface area contributed by atoms with E-state index in [1.54, 1.807) is 12.4 Å². The van der Waals surface area contributed by atoms with Gasteiger partial charge in [0.1, 0.15) is 5.82 Å². The summed E-state index contributed by atoms with van der Waals surface area (Å²) in [7, 11) is 2.15. The van der Waals surface area contributed by atoms with Gasteiger partial charge in [0, 0.05) is 69.5 Å². The van der Waals surface area contributed by atoms with Crippen molar-refractivity contribution in [3.8, 4) is 11.3 Å². The average Bonchev–Trinajstić information content (AvgIpc) is 2.96. The van der Waals surface area contributed by atoms with Gasteiger partial charge in [0.2, 0.25) is 0 Å². The number of urea groups is 1. The molecule has 4 rings (SSSR count). The molecule has 3 aromatic rings. The van der Waals surface area contributed by atoms with E-state index < -0.39 is 0 Å². The second kappa shape index (κ2) is 14.2. The number of likely N-dealkylation sites (N-methyl/N-ethyl adjacent to an activating group) is 1. The number of hydrogen-bond donors (Lipinski definition) is 4. The van der Waals surface area contributed by atoms with Gasteiger partial charge in [-0.25, -0.2) is 9.78 Å². The van der Waals surface area contributed by atoms with E-state index in [1.165, 1.54) is 0 Å². The van der Waals surface area contributed by atoms with Gasteiger partial charge in [0.25, 0.3) is 5.91 Å². The van der Waals surface area contributed by atoms with Crippen molar-refractivity contribution in [3.63, 3.8) is 0 Å². The van der Waals surface area contributed by atoms with E-state index in [2.05, 4.69) is 43.1 Å². The molecule has 39 heavy (non-hydrogen) atoms. The zero-order chi connectivity index (χ0) is 27.5. The number of piperazine rings is 1. The number of carbonyl (C=O) groups is 2. The van der Waals surface area contributed by atoms with Crippen LogP contribution in [0.3, 0.4) is 0 Å². The van der Waals surface area contributed by atoms with E-state index in [0.29, 0.717) is 36.7 Å². The van der Waals surface area contributed by atoms with Crippen LogP contribution in [0.1, 0.15) is 29.3 Å². The van der Waals surface area contributed by atoms with E-state index in [9.17, 15) is 9.59 Å². The number of hydrogen-bond acceptors (Lipinski definition) is 7. The summed E-state index contributed by atoms with van der Waals surface area (Å²) in [5.74, 6) is 0.434. The van der Waals surface area contributed by atoms with Crippen molar-refractivity contribution in [3.05, 3.63) is 72.1 Å². The number of carbonyl (C=O) groups excluding carboxylic acids is 2. The topological polar surface area (TPSA) is 115 Å². The van der Waals surface area contributed by atoms with Gasteiger partial charge in [-0.3, -0.25) is 9.78 Å². The Morgan fingerprint density at radius 2 is 1.77 bits per heavy atom. The molecule has 0 radical (unpaired) electrons. The minimum Gasteiger partial charge on any atom is -0.370 e. The van der Waals surface area contributed by atoms with Gasteiger partial charge < -0.3 is 31.1 Å². The molecule has 3 amide bonds. The number of anilines is 2. The first-order chi connectivity index (χ1) is 19.0. The molecule has 1 aliphatic rings. The van der Waals surface area contributed by atoms with E-state index in [0.717, 1.165) is 56.0 Å². The van der Waals surface area contributed by atoms with Crippen LogP contribution in [-0.4, -0.2) is 84.6 Å². The number of amides is 3. The molecule has 206 valence electrons. The molecule has 1 aromatic carbocycles. The number of rotatable bonds is 11. The summed E-state index contributed by atoms with van der Waals surface area (Å²) in [6, 6.07) is 14.6. The van der Waals surface area contributed by atoms with Crippen molar-refractivity contribution < 1.29 is 9.59 Å². The lowest BCUT2D eigenvalue weighted by molar-refractivity contribution is 0.0950. The highest BCUT2D eigenvalue weighted by Crippen LogP contribution is 2.23. The SMILES string of the molecule is CCNc1nc(-c2ccc(NC(=O)NCc3cccnc3)cc2)ccc1C(=O)NCCCN1CCN(C)CC1. The van der Waals surface area contributed by atoms with Gasteiger partial charge in [-0.15, -0.1) is 0 Å². The van der Waals surface area contributed by atoms with Crippen molar-refractivity contribution in [2.75, 3.05) is 63.5 Å². The molecular weight excluding hydrogens is 492 g/mol. The minimum absolute atomic E-state index is 0.125. The van der Waals surface area contributed by atoms with Gasteiger partial charge in [-0.2, -0.15) is 0 Å². The second-order valence-electron chi connectivity index (χ2n) is 9.62. The first-order valence-corrected chi connectivity index (χ1v) is 13.5. The van der Waals surface area contributed by atoms with Gasteiger partial charge in [0.05, 0.1) is 11.3 Å². The van der Waals surface area contributed by atoms with E-state index in [4.69, 9.17) is 4.98 Å². The fraction of sp³-hybridized carbons (Fsp3) is 0.379. The zero-order valence-corrected chi connectivity index (χ0v) is 22.7. The summed E-state index contributed by atoms with van der Waals surface area (Å²) in [6.07, 6.45) is 4.33. The van der Waals surface area contributed by atoms with Crippen molar-refractivity contribution in [1.82, 2.24) is 30.4 Å². The monoisotopic (exact) mass is 530 g/mol. The molecule has 0 aliphatic carbocycles. The van der Waals surface area contributed by atoms with E-state index in [1.807, 2.05) is 55.5 Å². The quantitative estimate of drug-likeness (QED) is 0.281. The van der Waals surface area contributed by atoms with Gasteiger partial charge >= 0.3 is 6.03 Å². The second-order valence-corrected chi connectivity index (χ2v) is 9.62. The third-order valence-electron chi connectivity index (χ3n) is 6.63. The van der Waals surface area contributed by atoms with Crippen molar-refractivity contribution >= 4 is 23.4 Å². The standard InChI is InChI=1S/C29H38N8O2/c1-3-31-27-25(28(38)32-14-5-15-37-18-16-36(2)17-19-37)11-12-26(35-27)23-7-9-24(10-8-23)34-29(39)33-21-22-6-4-13-30-20-22/h4,6-13,20H,3,5,14-19,21H2,1-2H3,(H,31,35)(H,32,38)(H2,33,34,39). The Morgan fingerprint density at radius 1 is 0.974 bits per heavy atom. The lowest BCUT2D eigenvalue weighted by Gasteiger charge is -2.32. The Labute approximate surface area is 230 Å². The molecule has 0 spiro atoms. The molecule has 4 N–H and O–H groups in total. The Balaban J connectivity index is 1.30. The van der Waals surface area contributed by atoms with Crippen LogP contribution in [0.2, 0.25) is 0 Å². The van der Waals surface area contributed by atoms with Crippen LogP contribution in [0.5, 0.6) is 0 Å².